The Bertz CT molecular complexity index is 1350. The molecule has 4 aromatic heterocycles. The Labute approximate surface area is 199 Å². The van der Waals surface area contributed by atoms with E-state index in [1.54, 1.807) is 22.7 Å². The second-order valence-electron chi connectivity index (χ2n) is 8.67. The minimum absolute atomic E-state index is 0.327. The molecular formula is C23H26N8S2. The Morgan fingerprint density at radius 3 is 2.39 bits per heavy atom. The quantitative estimate of drug-likeness (QED) is 0.262. The number of aromatic amines is 2. The molecule has 0 amide bonds. The van der Waals surface area contributed by atoms with Crippen LogP contribution in [0.3, 0.4) is 0 Å². The van der Waals surface area contributed by atoms with Crippen molar-refractivity contribution in [1.82, 2.24) is 35.2 Å². The minimum atomic E-state index is 0.327. The maximum atomic E-state index is 5.65. The predicted molar refractivity (Wildman–Crippen MR) is 135 cm³/mol. The summed E-state index contributed by atoms with van der Waals surface area (Å²) in [7, 11) is 0. The van der Waals surface area contributed by atoms with E-state index >= 15 is 0 Å². The largest absolute Gasteiger partial charge is 0.340 e. The topological polar surface area (TPSA) is 121 Å². The van der Waals surface area contributed by atoms with Crippen LogP contribution in [0, 0.1) is 0 Å². The molecule has 170 valence electrons. The number of hydrogen-bond acceptors (Lipinski definition) is 8. The van der Waals surface area contributed by atoms with Crippen LogP contribution >= 0.6 is 22.7 Å². The van der Waals surface area contributed by atoms with Crippen molar-refractivity contribution >= 4 is 43.1 Å². The standard InChI is InChI=1S/C23H26N8S2/c1-12(4-2-6-24)20-26-10-16(28-20)22-30-14-8-19-15(9-18(14)32-22)31-23(33-19)17-11-27-21(29-17)13-5-3-7-25-13/h8-13,25H,2-7,24H2,1H3,(H,26,28)(H,27,29). The Morgan fingerprint density at radius 2 is 1.73 bits per heavy atom. The lowest BCUT2D eigenvalue weighted by atomic mass is 10.1. The molecule has 0 bridgehead atoms. The van der Waals surface area contributed by atoms with E-state index < -0.39 is 0 Å². The van der Waals surface area contributed by atoms with Crippen molar-refractivity contribution < 1.29 is 0 Å². The molecular weight excluding hydrogens is 452 g/mol. The number of nitrogens with one attached hydrogen (secondary N) is 3. The number of hydrogen-bond donors (Lipinski definition) is 4. The fourth-order valence-corrected chi connectivity index (χ4v) is 6.27. The van der Waals surface area contributed by atoms with Gasteiger partial charge in [0.25, 0.3) is 0 Å². The Morgan fingerprint density at radius 1 is 1.03 bits per heavy atom. The first-order valence-corrected chi connectivity index (χ1v) is 13.1. The van der Waals surface area contributed by atoms with E-state index in [2.05, 4.69) is 44.3 Å². The first-order valence-electron chi connectivity index (χ1n) is 11.4. The molecule has 8 nitrogen and oxygen atoms in total. The van der Waals surface area contributed by atoms with Gasteiger partial charge in [-0.1, -0.05) is 6.92 Å². The molecule has 1 saturated heterocycles. The van der Waals surface area contributed by atoms with Gasteiger partial charge in [0.1, 0.15) is 21.7 Å². The number of rotatable bonds is 7. The summed E-state index contributed by atoms with van der Waals surface area (Å²) < 4.78 is 2.26. The van der Waals surface area contributed by atoms with Gasteiger partial charge in [-0.05, 0) is 50.9 Å². The van der Waals surface area contributed by atoms with Gasteiger partial charge in [0.15, 0.2) is 0 Å². The van der Waals surface area contributed by atoms with Crippen molar-refractivity contribution in [2.24, 2.45) is 5.73 Å². The molecule has 0 spiro atoms. The number of nitrogens with two attached hydrogens (primary N) is 1. The van der Waals surface area contributed by atoms with Gasteiger partial charge in [-0.2, -0.15) is 0 Å². The van der Waals surface area contributed by atoms with Gasteiger partial charge < -0.3 is 21.0 Å². The first kappa shape index (κ1) is 20.9. The Balaban J connectivity index is 1.27. The van der Waals surface area contributed by atoms with Crippen LogP contribution in [0.5, 0.6) is 0 Å². The lowest BCUT2D eigenvalue weighted by Crippen LogP contribution is -2.14. The second kappa shape index (κ2) is 8.60. The van der Waals surface area contributed by atoms with Gasteiger partial charge in [0, 0.05) is 5.92 Å². The number of benzene rings is 1. The van der Waals surface area contributed by atoms with Crippen LogP contribution in [-0.2, 0) is 0 Å². The van der Waals surface area contributed by atoms with Crippen molar-refractivity contribution in [3.63, 3.8) is 0 Å². The molecule has 2 atom stereocenters. The zero-order valence-electron chi connectivity index (χ0n) is 18.4. The van der Waals surface area contributed by atoms with Gasteiger partial charge >= 0.3 is 0 Å². The fraction of sp³-hybridized carbons (Fsp3) is 0.391. The highest BCUT2D eigenvalue weighted by Gasteiger charge is 2.20. The lowest BCUT2D eigenvalue weighted by Gasteiger charge is -2.06. The summed E-state index contributed by atoms with van der Waals surface area (Å²) in [4.78, 5) is 25.9. The van der Waals surface area contributed by atoms with Crippen LogP contribution in [-0.4, -0.2) is 43.0 Å². The van der Waals surface area contributed by atoms with Gasteiger partial charge in [-0.15, -0.1) is 22.7 Å². The molecule has 33 heavy (non-hydrogen) atoms. The Kier molecular flexibility index (Phi) is 5.45. The third-order valence-corrected chi connectivity index (χ3v) is 8.35. The molecule has 6 rings (SSSR count). The van der Waals surface area contributed by atoms with Crippen molar-refractivity contribution in [3.05, 3.63) is 36.2 Å². The van der Waals surface area contributed by atoms with E-state index in [0.717, 1.165) is 79.3 Å². The summed E-state index contributed by atoms with van der Waals surface area (Å²) in [5.74, 6) is 2.36. The SMILES string of the molecule is CC(CCCN)c1ncc(-c2nc3cc4sc(-c5cnc(C6CCCN6)[nH]5)nc4cc3s2)[nH]1. The average molecular weight is 479 g/mol. The van der Waals surface area contributed by atoms with Crippen molar-refractivity contribution in [2.45, 2.75) is 44.6 Å². The molecule has 2 unspecified atom stereocenters. The summed E-state index contributed by atoms with van der Waals surface area (Å²) in [5.41, 5.74) is 9.57. The van der Waals surface area contributed by atoms with Crippen LogP contribution < -0.4 is 11.1 Å². The van der Waals surface area contributed by atoms with Crippen LogP contribution in [0.1, 0.15) is 56.2 Å². The van der Waals surface area contributed by atoms with E-state index in [4.69, 9.17) is 15.7 Å². The molecule has 0 aliphatic carbocycles. The number of imidazole rings is 2. The molecule has 1 aliphatic heterocycles. The number of nitrogens with zero attached hydrogens (tertiary/aromatic N) is 4. The predicted octanol–water partition coefficient (Wildman–Crippen LogP) is 4.95. The molecule has 1 aliphatic rings. The summed E-state index contributed by atoms with van der Waals surface area (Å²) in [5, 5.41) is 5.40. The molecule has 1 fully saturated rings. The molecule has 0 radical (unpaired) electrons. The highest BCUT2D eigenvalue weighted by molar-refractivity contribution is 7.23. The summed E-state index contributed by atoms with van der Waals surface area (Å²) in [6.45, 7) is 3.95. The van der Waals surface area contributed by atoms with E-state index in [1.807, 2.05) is 12.4 Å². The van der Waals surface area contributed by atoms with Gasteiger partial charge in [-0.3, -0.25) is 0 Å². The third-order valence-electron chi connectivity index (χ3n) is 6.25. The van der Waals surface area contributed by atoms with E-state index in [1.165, 1.54) is 6.42 Å². The van der Waals surface area contributed by atoms with Crippen molar-refractivity contribution in [1.29, 1.82) is 0 Å². The van der Waals surface area contributed by atoms with Crippen LogP contribution in [0.15, 0.2) is 24.5 Å². The number of fused-ring (bicyclic) bond motifs is 2. The highest BCUT2D eigenvalue weighted by atomic mass is 32.1. The summed E-state index contributed by atoms with van der Waals surface area (Å²) in [6, 6.07) is 4.61. The average Bonchev–Trinajstić information content (AvgIpc) is 3.64. The number of thiazole rings is 2. The maximum Gasteiger partial charge on any atom is 0.142 e. The van der Waals surface area contributed by atoms with Gasteiger partial charge in [0.2, 0.25) is 0 Å². The second-order valence-corrected chi connectivity index (χ2v) is 10.7. The zero-order valence-corrected chi connectivity index (χ0v) is 20.0. The number of aromatic nitrogens is 6. The van der Waals surface area contributed by atoms with E-state index in [0.29, 0.717) is 18.5 Å². The smallest absolute Gasteiger partial charge is 0.142 e. The molecule has 0 saturated carbocycles. The molecule has 5 aromatic rings. The molecule has 5 heterocycles. The van der Waals surface area contributed by atoms with Crippen LogP contribution in [0.25, 0.3) is 41.8 Å². The van der Waals surface area contributed by atoms with E-state index in [9.17, 15) is 0 Å². The normalized spacial score (nSPS) is 17.5. The molecule has 1 aromatic carbocycles. The molecule has 5 N–H and O–H groups in total. The van der Waals surface area contributed by atoms with Crippen LogP contribution in [0.2, 0.25) is 0 Å². The summed E-state index contributed by atoms with van der Waals surface area (Å²) >= 11 is 3.34. The minimum Gasteiger partial charge on any atom is -0.340 e. The lowest BCUT2D eigenvalue weighted by molar-refractivity contribution is 0.613. The van der Waals surface area contributed by atoms with E-state index in [-0.39, 0.29) is 0 Å². The Hall–Kier alpha value is -2.66. The van der Waals surface area contributed by atoms with Gasteiger partial charge in [-0.25, -0.2) is 19.9 Å². The number of H-pyrrole nitrogens is 2. The van der Waals surface area contributed by atoms with Gasteiger partial charge in [0.05, 0.1) is 50.3 Å². The van der Waals surface area contributed by atoms with Crippen molar-refractivity contribution in [2.75, 3.05) is 13.1 Å². The highest BCUT2D eigenvalue weighted by Crippen LogP contribution is 2.36. The molecule has 10 heteroatoms. The van der Waals surface area contributed by atoms with Crippen molar-refractivity contribution in [3.8, 4) is 21.4 Å². The first-order chi connectivity index (χ1) is 16.2. The zero-order chi connectivity index (χ0) is 22.4. The van der Waals surface area contributed by atoms with Crippen LogP contribution in [0.4, 0.5) is 0 Å². The third kappa shape index (κ3) is 3.97. The maximum absolute atomic E-state index is 5.65. The fourth-order valence-electron chi connectivity index (χ4n) is 4.38. The monoisotopic (exact) mass is 478 g/mol. The summed E-state index contributed by atoms with van der Waals surface area (Å²) in [6.07, 6.45) is 8.14.